The number of alkyl halides is 6. The summed E-state index contributed by atoms with van der Waals surface area (Å²) >= 11 is 0. The molecule has 0 heterocycles. The molecule has 0 aromatic heterocycles. The third-order valence-corrected chi connectivity index (χ3v) is 3.25. The predicted octanol–water partition coefficient (Wildman–Crippen LogP) is 3.81. The molecular weight excluding hydrogens is 250 g/mol. The first-order chi connectivity index (χ1) is 7.58. The van der Waals surface area contributed by atoms with Gasteiger partial charge in [0.2, 0.25) is 0 Å². The van der Waals surface area contributed by atoms with E-state index in [1.807, 2.05) is 0 Å². The van der Waals surface area contributed by atoms with Gasteiger partial charge in [-0.1, -0.05) is 32.1 Å². The number of aliphatic hydroxyl groups is 1. The van der Waals surface area contributed by atoms with Crippen LogP contribution in [-0.4, -0.2) is 23.1 Å². The molecule has 0 bridgehead atoms. The molecule has 0 amide bonds. The molecule has 0 atom stereocenters. The van der Waals surface area contributed by atoms with Crippen LogP contribution in [0.25, 0.3) is 0 Å². The molecule has 0 saturated heterocycles. The van der Waals surface area contributed by atoms with Gasteiger partial charge in [0.1, 0.15) is 0 Å². The fraction of sp³-hybridized carbons (Fsp3) is 1.00. The molecule has 0 aromatic carbocycles. The minimum Gasteiger partial charge on any atom is -0.374 e. The van der Waals surface area contributed by atoms with E-state index < -0.39 is 30.3 Å². The van der Waals surface area contributed by atoms with Crippen LogP contribution in [0.5, 0.6) is 0 Å². The van der Waals surface area contributed by atoms with E-state index in [4.69, 9.17) is 5.11 Å². The molecule has 0 aliphatic heterocycles. The molecule has 1 nitrogen and oxygen atoms in total. The fourth-order valence-electron chi connectivity index (χ4n) is 2.20. The monoisotopic (exact) mass is 264 g/mol. The predicted molar refractivity (Wildman–Crippen MR) is 48.3 cm³/mol. The van der Waals surface area contributed by atoms with Crippen LogP contribution >= 0.6 is 0 Å². The second-order valence-electron chi connectivity index (χ2n) is 4.56. The van der Waals surface area contributed by atoms with Crippen molar-refractivity contribution in [3.8, 4) is 0 Å². The van der Waals surface area contributed by atoms with E-state index in [9.17, 15) is 26.3 Å². The van der Waals surface area contributed by atoms with Gasteiger partial charge in [-0.15, -0.1) is 0 Å². The van der Waals surface area contributed by atoms with Crippen molar-refractivity contribution in [1.29, 1.82) is 0 Å². The van der Waals surface area contributed by atoms with Gasteiger partial charge >= 0.3 is 12.4 Å². The van der Waals surface area contributed by atoms with Crippen molar-refractivity contribution in [2.45, 2.75) is 56.5 Å². The van der Waals surface area contributed by atoms with E-state index in [-0.39, 0.29) is 0 Å². The van der Waals surface area contributed by atoms with Crippen LogP contribution < -0.4 is 0 Å². The lowest BCUT2D eigenvalue weighted by Gasteiger charge is -2.36. The third kappa shape index (κ3) is 3.05. The Morgan fingerprint density at radius 1 is 0.824 bits per heavy atom. The molecule has 0 radical (unpaired) electrons. The van der Waals surface area contributed by atoms with E-state index in [0.717, 1.165) is 6.42 Å². The SMILES string of the molecule is OC(CC1CCCCC1)(C(F)(F)F)C(F)(F)F. The van der Waals surface area contributed by atoms with Crippen molar-refractivity contribution >= 4 is 0 Å². The summed E-state index contributed by atoms with van der Waals surface area (Å²) in [7, 11) is 0. The minimum atomic E-state index is -5.68. The molecule has 0 unspecified atom stereocenters. The van der Waals surface area contributed by atoms with Crippen LogP contribution in [0.4, 0.5) is 26.3 Å². The lowest BCUT2D eigenvalue weighted by Crippen LogP contribution is -2.57. The summed E-state index contributed by atoms with van der Waals surface area (Å²) in [5.41, 5.74) is -4.57. The average Bonchev–Trinajstić information content (AvgIpc) is 2.15. The number of rotatable bonds is 2. The van der Waals surface area contributed by atoms with Gasteiger partial charge < -0.3 is 5.11 Å². The molecule has 1 fully saturated rings. The Balaban J connectivity index is 2.84. The summed E-state index contributed by atoms with van der Waals surface area (Å²) < 4.78 is 74.3. The largest absolute Gasteiger partial charge is 0.426 e. The number of hydrogen-bond donors (Lipinski definition) is 1. The third-order valence-electron chi connectivity index (χ3n) is 3.25. The summed E-state index contributed by atoms with van der Waals surface area (Å²) in [6.07, 6.45) is -9.94. The molecule has 102 valence electrons. The molecule has 1 N–H and O–H groups in total. The highest BCUT2D eigenvalue weighted by Gasteiger charge is 2.70. The molecule has 1 rings (SSSR count). The molecule has 17 heavy (non-hydrogen) atoms. The molecule has 1 aliphatic carbocycles. The summed E-state index contributed by atoms with van der Waals surface area (Å²) in [4.78, 5) is 0. The molecule has 1 saturated carbocycles. The van der Waals surface area contributed by atoms with Crippen molar-refractivity contribution in [3.05, 3.63) is 0 Å². The molecule has 7 heteroatoms. The van der Waals surface area contributed by atoms with Gasteiger partial charge in [-0.05, 0) is 12.3 Å². The number of halogens is 6. The standard InChI is InChI=1S/C10H14F6O/c11-9(12,13)8(17,10(14,15)16)6-7-4-2-1-3-5-7/h7,17H,1-6H2. The Morgan fingerprint density at radius 3 is 1.59 bits per heavy atom. The van der Waals surface area contributed by atoms with Gasteiger partial charge in [-0.2, -0.15) is 26.3 Å². The average molecular weight is 264 g/mol. The lowest BCUT2D eigenvalue weighted by molar-refractivity contribution is -0.373. The summed E-state index contributed by atoms with van der Waals surface area (Å²) in [6, 6.07) is 0. The van der Waals surface area contributed by atoms with Gasteiger partial charge in [0.15, 0.2) is 0 Å². The highest BCUT2D eigenvalue weighted by Crippen LogP contribution is 2.48. The van der Waals surface area contributed by atoms with Gasteiger partial charge in [-0.25, -0.2) is 0 Å². The van der Waals surface area contributed by atoms with E-state index in [2.05, 4.69) is 0 Å². The Morgan fingerprint density at radius 2 is 1.24 bits per heavy atom. The highest BCUT2D eigenvalue weighted by molar-refractivity contribution is 4.95. The Bertz CT molecular complexity index is 237. The smallest absolute Gasteiger partial charge is 0.374 e. The molecule has 0 aromatic rings. The van der Waals surface area contributed by atoms with Gasteiger partial charge in [0, 0.05) is 0 Å². The summed E-state index contributed by atoms with van der Waals surface area (Å²) in [5, 5.41) is 8.99. The van der Waals surface area contributed by atoms with E-state index in [1.54, 1.807) is 0 Å². The zero-order valence-corrected chi connectivity index (χ0v) is 9.03. The topological polar surface area (TPSA) is 20.2 Å². The van der Waals surface area contributed by atoms with Crippen LogP contribution in [0.2, 0.25) is 0 Å². The Labute approximate surface area is 94.8 Å². The van der Waals surface area contributed by atoms with Crippen molar-refractivity contribution in [2.24, 2.45) is 5.92 Å². The first-order valence-electron chi connectivity index (χ1n) is 5.44. The van der Waals surface area contributed by atoms with Crippen LogP contribution in [0, 0.1) is 5.92 Å². The van der Waals surface area contributed by atoms with E-state index in [1.165, 1.54) is 0 Å². The summed E-state index contributed by atoms with van der Waals surface area (Å²) in [5.74, 6) is -0.711. The van der Waals surface area contributed by atoms with Crippen LogP contribution in [0.3, 0.4) is 0 Å². The second kappa shape index (κ2) is 4.66. The quantitative estimate of drug-likeness (QED) is 0.752. The van der Waals surface area contributed by atoms with Crippen molar-refractivity contribution < 1.29 is 31.4 Å². The molecular formula is C10H14F6O. The fourth-order valence-corrected chi connectivity index (χ4v) is 2.20. The molecule has 0 spiro atoms. The zero-order valence-electron chi connectivity index (χ0n) is 9.03. The zero-order chi connectivity index (χ0) is 13.3. The van der Waals surface area contributed by atoms with Crippen LogP contribution in [0.15, 0.2) is 0 Å². The minimum absolute atomic E-state index is 0.314. The maximum atomic E-state index is 12.4. The number of hydrogen-bond acceptors (Lipinski definition) is 1. The lowest BCUT2D eigenvalue weighted by atomic mass is 9.80. The molecule has 1 aliphatic rings. The summed E-state index contributed by atoms with van der Waals surface area (Å²) in [6.45, 7) is 0. The first-order valence-corrected chi connectivity index (χ1v) is 5.44. The van der Waals surface area contributed by atoms with Gasteiger partial charge in [0.25, 0.3) is 5.60 Å². The van der Waals surface area contributed by atoms with Crippen LogP contribution in [-0.2, 0) is 0 Å². The van der Waals surface area contributed by atoms with Crippen molar-refractivity contribution in [1.82, 2.24) is 0 Å². The Kier molecular flexibility index (Phi) is 4.01. The van der Waals surface area contributed by atoms with Crippen LogP contribution in [0.1, 0.15) is 38.5 Å². The maximum Gasteiger partial charge on any atom is 0.426 e. The van der Waals surface area contributed by atoms with Gasteiger partial charge in [0.05, 0.1) is 0 Å². The van der Waals surface area contributed by atoms with Crippen molar-refractivity contribution in [2.75, 3.05) is 0 Å². The van der Waals surface area contributed by atoms with E-state index in [0.29, 0.717) is 25.7 Å². The first kappa shape index (κ1) is 14.6. The highest BCUT2D eigenvalue weighted by atomic mass is 19.4. The second-order valence-corrected chi connectivity index (χ2v) is 4.56. The maximum absolute atomic E-state index is 12.4. The van der Waals surface area contributed by atoms with Crippen molar-refractivity contribution in [3.63, 3.8) is 0 Å². The van der Waals surface area contributed by atoms with Gasteiger partial charge in [-0.3, -0.25) is 0 Å². The van der Waals surface area contributed by atoms with E-state index >= 15 is 0 Å². The Hall–Kier alpha value is -0.460. The normalized spacial score (nSPS) is 20.6.